The molecular weight excluding hydrogens is 306 g/mol. The van der Waals surface area contributed by atoms with Gasteiger partial charge in [-0.3, -0.25) is 14.9 Å². The molecule has 0 radical (unpaired) electrons. The molecule has 1 saturated heterocycles. The number of carbonyl (C=O) groups excluding carboxylic acids is 1. The van der Waals surface area contributed by atoms with E-state index in [2.05, 4.69) is 30.0 Å². The monoisotopic (exact) mass is 325 g/mol. The van der Waals surface area contributed by atoms with E-state index in [9.17, 15) is 14.9 Å². The number of anilines is 1. The Kier molecular flexibility index (Phi) is 4.46. The van der Waals surface area contributed by atoms with Crippen molar-refractivity contribution in [3.05, 3.63) is 69.8 Å². The summed E-state index contributed by atoms with van der Waals surface area (Å²) >= 11 is 0. The maximum atomic E-state index is 12.6. The SMILES string of the molecule is Cc1cccc(N2CCN(C(=O)c3cccc([N+](=O)[O-])c3)CC2)c1. The van der Waals surface area contributed by atoms with Crippen LogP contribution in [0, 0.1) is 17.0 Å². The standard InChI is InChI=1S/C18H19N3O3/c1-14-4-2-6-16(12-14)19-8-10-20(11-9-19)18(22)15-5-3-7-17(13-15)21(23)24/h2-7,12-13H,8-11H2,1H3. The van der Waals surface area contributed by atoms with Gasteiger partial charge in [-0.25, -0.2) is 0 Å². The third-order valence-electron chi connectivity index (χ3n) is 4.24. The normalized spacial score (nSPS) is 14.5. The smallest absolute Gasteiger partial charge is 0.270 e. The zero-order chi connectivity index (χ0) is 17.1. The number of carbonyl (C=O) groups is 1. The summed E-state index contributed by atoms with van der Waals surface area (Å²) in [6.45, 7) is 4.78. The van der Waals surface area contributed by atoms with Gasteiger partial charge in [0.25, 0.3) is 11.6 Å². The van der Waals surface area contributed by atoms with Crippen molar-refractivity contribution in [1.29, 1.82) is 0 Å². The van der Waals surface area contributed by atoms with Gasteiger partial charge in [0.2, 0.25) is 0 Å². The third-order valence-corrected chi connectivity index (χ3v) is 4.24. The van der Waals surface area contributed by atoms with Gasteiger partial charge in [0.05, 0.1) is 4.92 Å². The largest absolute Gasteiger partial charge is 0.368 e. The average molecular weight is 325 g/mol. The Balaban J connectivity index is 1.67. The van der Waals surface area contributed by atoms with Gasteiger partial charge in [0, 0.05) is 49.6 Å². The second kappa shape index (κ2) is 6.70. The van der Waals surface area contributed by atoms with Crippen LogP contribution in [0.3, 0.4) is 0 Å². The number of nitrogens with zero attached hydrogens (tertiary/aromatic N) is 3. The molecule has 0 saturated carbocycles. The van der Waals surface area contributed by atoms with Crippen LogP contribution >= 0.6 is 0 Å². The topological polar surface area (TPSA) is 66.7 Å². The van der Waals surface area contributed by atoms with E-state index in [0.717, 1.165) is 18.8 Å². The molecule has 24 heavy (non-hydrogen) atoms. The van der Waals surface area contributed by atoms with Crippen LogP contribution in [0.4, 0.5) is 11.4 Å². The van der Waals surface area contributed by atoms with E-state index < -0.39 is 4.92 Å². The molecular formula is C18H19N3O3. The van der Waals surface area contributed by atoms with E-state index >= 15 is 0 Å². The molecule has 1 heterocycles. The van der Waals surface area contributed by atoms with Gasteiger partial charge in [-0.1, -0.05) is 18.2 Å². The first-order valence-corrected chi connectivity index (χ1v) is 7.90. The molecule has 1 aliphatic rings. The van der Waals surface area contributed by atoms with Crippen molar-refractivity contribution in [2.24, 2.45) is 0 Å². The number of non-ortho nitro benzene ring substituents is 1. The zero-order valence-electron chi connectivity index (χ0n) is 13.5. The lowest BCUT2D eigenvalue weighted by molar-refractivity contribution is -0.384. The van der Waals surface area contributed by atoms with Crippen molar-refractivity contribution in [2.75, 3.05) is 31.1 Å². The second-order valence-corrected chi connectivity index (χ2v) is 5.93. The van der Waals surface area contributed by atoms with Gasteiger partial charge >= 0.3 is 0 Å². The summed E-state index contributed by atoms with van der Waals surface area (Å²) < 4.78 is 0. The summed E-state index contributed by atoms with van der Waals surface area (Å²) in [7, 11) is 0. The Hall–Kier alpha value is -2.89. The van der Waals surface area contributed by atoms with Crippen molar-refractivity contribution in [2.45, 2.75) is 6.92 Å². The second-order valence-electron chi connectivity index (χ2n) is 5.93. The molecule has 1 aliphatic heterocycles. The highest BCUT2D eigenvalue weighted by molar-refractivity contribution is 5.95. The van der Waals surface area contributed by atoms with Gasteiger partial charge in [0.15, 0.2) is 0 Å². The summed E-state index contributed by atoms with van der Waals surface area (Å²) in [5, 5.41) is 10.9. The Morgan fingerprint density at radius 1 is 1.04 bits per heavy atom. The molecule has 3 rings (SSSR count). The number of hydrogen-bond donors (Lipinski definition) is 0. The molecule has 6 heteroatoms. The molecule has 0 spiro atoms. The summed E-state index contributed by atoms with van der Waals surface area (Å²) in [6.07, 6.45) is 0. The number of piperazine rings is 1. The Morgan fingerprint density at radius 3 is 2.42 bits per heavy atom. The molecule has 0 N–H and O–H groups in total. The minimum Gasteiger partial charge on any atom is -0.368 e. The van der Waals surface area contributed by atoms with E-state index in [-0.39, 0.29) is 11.6 Å². The zero-order valence-corrected chi connectivity index (χ0v) is 13.5. The van der Waals surface area contributed by atoms with E-state index in [1.54, 1.807) is 17.0 Å². The molecule has 0 bridgehead atoms. The number of aryl methyl sites for hydroxylation is 1. The fourth-order valence-electron chi connectivity index (χ4n) is 2.93. The molecule has 0 atom stereocenters. The van der Waals surface area contributed by atoms with Gasteiger partial charge in [-0.05, 0) is 30.7 Å². The molecule has 0 aromatic heterocycles. The maximum Gasteiger partial charge on any atom is 0.270 e. The highest BCUT2D eigenvalue weighted by Gasteiger charge is 2.23. The lowest BCUT2D eigenvalue weighted by Crippen LogP contribution is -2.48. The minimum absolute atomic E-state index is 0.0563. The van der Waals surface area contributed by atoms with Crippen molar-refractivity contribution >= 4 is 17.3 Å². The fourth-order valence-corrected chi connectivity index (χ4v) is 2.93. The van der Waals surface area contributed by atoms with E-state index in [4.69, 9.17) is 0 Å². The maximum absolute atomic E-state index is 12.6. The summed E-state index contributed by atoms with van der Waals surface area (Å²) in [5.74, 6) is -0.150. The number of nitro groups is 1. The molecule has 1 fully saturated rings. The van der Waals surface area contributed by atoms with Crippen LogP contribution in [0.1, 0.15) is 15.9 Å². The Morgan fingerprint density at radius 2 is 1.75 bits per heavy atom. The number of hydrogen-bond acceptors (Lipinski definition) is 4. The third kappa shape index (κ3) is 3.37. The predicted molar refractivity (Wildman–Crippen MR) is 92.4 cm³/mol. The summed E-state index contributed by atoms with van der Waals surface area (Å²) in [4.78, 5) is 26.9. The van der Waals surface area contributed by atoms with Gasteiger partial charge < -0.3 is 9.80 Å². The Bertz CT molecular complexity index is 768. The lowest BCUT2D eigenvalue weighted by Gasteiger charge is -2.36. The van der Waals surface area contributed by atoms with Crippen molar-refractivity contribution in [3.63, 3.8) is 0 Å². The molecule has 2 aromatic carbocycles. The van der Waals surface area contributed by atoms with Crippen molar-refractivity contribution in [3.8, 4) is 0 Å². The van der Waals surface area contributed by atoms with Crippen LogP contribution in [0.15, 0.2) is 48.5 Å². The summed E-state index contributed by atoms with van der Waals surface area (Å²) in [5.41, 5.74) is 2.69. The molecule has 6 nitrogen and oxygen atoms in total. The molecule has 2 aromatic rings. The molecule has 0 unspecified atom stereocenters. The number of nitro benzene ring substituents is 1. The van der Waals surface area contributed by atoms with Crippen LogP contribution in [0.5, 0.6) is 0 Å². The van der Waals surface area contributed by atoms with Crippen LogP contribution in [-0.2, 0) is 0 Å². The van der Waals surface area contributed by atoms with Gasteiger partial charge in [0.1, 0.15) is 0 Å². The fraction of sp³-hybridized carbons (Fsp3) is 0.278. The summed E-state index contributed by atoms with van der Waals surface area (Å²) in [6, 6.07) is 14.2. The number of benzene rings is 2. The number of amides is 1. The lowest BCUT2D eigenvalue weighted by atomic mass is 10.1. The Labute approximate surface area is 140 Å². The van der Waals surface area contributed by atoms with Crippen molar-refractivity contribution < 1.29 is 9.72 Å². The van der Waals surface area contributed by atoms with Crippen LogP contribution in [0.25, 0.3) is 0 Å². The van der Waals surface area contributed by atoms with Crippen molar-refractivity contribution in [1.82, 2.24) is 4.90 Å². The molecule has 0 aliphatic carbocycles. The quantitative estimate of drug-likeness (QED) is 0.643. The van der Waals surface area contributed by atoms with Crippen LogP contribution in [0.2, 0.25) is 0 Å². The minimum atomic E-state index is -0.480. The van der Waals surface area contributed by atoms with E-state index in [0.29, 0.717) is 18.7 Å². The highest BCUT2D eigenvalue weighted by Crippen LogP contribution is 2.20. The molecule has 1 amide bonds. The first-order chi connectivity index (χ1) is 11.5. The number of rotatable bonds is 3. The van der Waals surface area contributed by atoms with E-state index in [1.807, 2.05) is 6.07 Å². The predicted octanol–water partition coefficient (Wildman–Crippen LogP) is 2.87. The van der Waals surface area contributed by atoms with E-state index in [1.165, 1.54) is 17.7 Å². The van der Waals surface area contributed by atoms with Crippen LogP contribution < -0.4 is 4.90 Å². The first kappa shape index (κ1) is 16.0. The molecule has 124 valence electrons. The van der Waals surface area contributed by atoms with Crippen LogP contribution in [-0.4, -0.2) is 41.9 Å². The van der Waals surface area contributed by atoms with Gasteiger partial charge in [-0.15, -0.1) is 0 Å². The highest BCUT2D eigenvalue weighted by atomic mass is 16.6. The average Bonchev–Trinajstić information content (AvgIpc) is 2.61. The first-order valence-electron chi connectivity index (χ1n) is 7.90. The van der Waals surface area contributed by atoms with Gasteiger partial charge in [-0.2, -0.15) is 0 Å².